The highest BCUT2D eigenvalue weighted by Gasteiger charge is 2.23. The van der Waals surface area contributed by atoms with Gasteiger partial charge in [0.15, 0.2) is 5.96 Å². The SMILES string of the molecule is COc1cccc(N2CCC(CN=C(N)NCC3CCC3)C2)c1. The lowest BCUT2D eigenvalue weighted by Gasteiger charge is -2.25. The molecule has 126 valence electrons. The maximum absolute atomic E-state index is 5.97. The minimum Gasteiger partial charge on any atom is -0.497 e. The lowest BCUT2D eigenvalue weighted by atomic mass is 9.85. The Morgan fingerprint density at radius 3 is 2.96 bits per heavy atom. The number of rotatable bonds is 6. The summed E-state index contributed by atoms with van der Waals surface area (Å²) in [4.78, 5) is 6.93. The molecular weight excluding hydrogens is 288 g/mol. The van der Waals surface area contributed by atoms with Gasteiger partial charge in [0.25, 0.3) is 0 Å². The van der Waals surface area contributed by atoms with Crippen LogP contribution >= 0.6 is 0 Å². The molecule has 23 heavy (non-hydrogen) atoms. The van der Waals surface area contributed by atoms with Crippen LogP contribution in [-0.2, 0) is 0 Å². The number of aliphatic imine (C=N–C) groups is 1. The molecule has 2 fully saturated rings. The van der Waals surface area contributed by atoms with Crippen molar-refractivity contribution in [3.63, 3.8) is 0 Å². The maximum atomic E-state index is 5.97. The summed E-state index contributed by atoms with van der Waals surface area (Å²) < 4.78 is 5.31. The maximum Gasteiger partial charge on any atom is 0.188 e. The summed E-state index contributed by atoms with van der Waals surface area (Å²) in [6.45, 7) is 3.90. The number of nitrogens with zero attached hydrogens (tertiary/aromatic N) is 2. The Morgan fingerprint density at radius 2 is 2.22 bits per heavy atom. The molecule has 3 N–H and O–H groups in total. The first-order valence-corrected chi connectivity index (χ1v) is 8.67. The summed E-state index contributed by atoms with van der Waals surface area (Å²) in [7, 11) is 1.71. The molecule has 0 radical (unpaired) electrons. The Bertz CT molecular complexity index is 542. The molecule has 3 rings (SSSR count). The van der Waals surface area contributed by atoms with Gasteiger partial charge in [0.2, 0.25) is 0 Å². The van der Waals surface area contributed by atoms with E-state index in [9.17, 15) is 0 Å². The number of anilines is 1. The van der Waals surface area contributed by atoms with E-state index in [-0.39, 0.29) is 0 Å². The number of ether oxygens (including phenoxy) is 1. The summed E-state index contributed by atoms with van der Waals surface area (Å²) in [5.74, 6) is 2.90. The van der Waals surface area contributed by atoms with Gasteiger partial charge in [0.1, 0.15) is 5.75 Å². The molecule has 0 aromatic heterocycles. The number of nitrogens with one attached hydrogen (secondary N) is 1. The molecule has 5 nitrogen and oxygen atoms in total. The van der Waals surface area contributed by atoms with Gasteiger partial charge >= 0.3 is 0 Å². The summed E-state index contributed by atoms with van der Waals surface area (Å²) >= 11 is 0. The van der Waals surface area contributed by atoms with Gasteiger partial charge in [-0.2, -0.15) is 0 Å². The van der Waals surface area contributed by atoms with E-state index >= 15 is 0 Å². The standard InChI is InChI=1S/C18H28N4O/c1-23-17-7-3-6-16(10-17)22-9-8-15(13-22)12-21-18(19)20-11-14-4-2-5-14/h3,6-7,10,14-15H,2,4-5,8-9,11-13H2,1H3,(H3,19,20,21). The van der Waals surface area contributed by atoms with Gasteiger partial charge < -0.3 is 20.7 Å². The van der Waals surface area contributed by atoms with Crippen LogP contribution in [0.3, 0.4) is 0 Å². The van der Waals surface area contributed by atoms with Crippen molar-refractivity contribution in [2.24, 2.45) is 22.6 Å². The van der Waals surface area contributed by atoms with E-state index < -0.39 is 0 Å². The number of hydrogen-bond acceptors (Lipinski definition) is 3. The summed E-state index contributed by atoms with van der Waals surface area (Å²) in [6, 6.07) is 8.26. The molecule has 1 heterocycles. The van der Waals surface area contributed by atoms with E-state index in [1.807, 2.05) is 12.1 Å². The fourth-order valence-electron chi connectivity index (χ4n) is 3.25. The molecule has 0 spiro atoms. The fourth-order valence-corrected chi connectivity index (χ4v) is 3.25. The van der Waals surface area contributed by atoms with E-state index in [1.54, 1.807) is 7.11 Å². The zero-order chi connectivity index (χ0) is 16.1. The Kier molecular flexibility index (Phi) is 5.26. The molecule has 1 saturated carbocycles. The summed E-state index contributed by atoms with van der Waals surface area (Å²) in [6.07, 6.45) is 5.19. The first-order chi connectivity index (χ1) is 11.2. The fraction of sp³-hybridized carbons (Fsp3) is 0.611. The molecule has 5 heteroatoms. The molecule has 1 aromatic carbocycles. The predicted octanol–water partition coefficient (Wildman–Crippen LogP) is 2.23. The minimum absolute atomic E-state index is 0.574. The van der Waals surface area contributed by atoms with Gasteiger partial charge in [-0.3, -0.25) is 4.99 Å². The molecular formula is C18H28N4O. The van der Waals surface area contributed by atoms with Crippen LogP contribution in [0.25, 0.3) is 0 Å². The second kappa shape index (κ2) is 7.57. The normalized spacial score (nSPS) is 22.0. The van der Waals surface area contributed by atoms with Crippen LogP contribution in [-0.4, -0.2) is 39.2 Å². The van der Waals surface area contributed by atoms with Crippen molar-refractivity contribution in [1.29, 1.82) is 0 Å². The molecule has 0 amide bonds. The first kappa shape index (κ1) is 16.0. The minimum atomic E-state index is 0.574. The number of nitrogens with two attached hydrogens (primary N) is 1. The second-order valence-corrected chi connectivity index (χ2v) is 6.71. The lowest BCUT2D eigenvalue weighted by Crippen LogP contribution is -2.37. The molecule has 2 aliphatic rings. The molecule has 1 aliphatic heterocycles. The predicted molar refractivity (Wildman–Crippen MR) is 95.1 cm³/mol. The quantitative estimate of drug-likeness (QED) is 0.624. The third kappa shape index (κ3) is 4.30. The lowest BCUT2D eigenvalue weighted by molar-refractivity contribution is 0.315. The molecule has 1 atom stereocenters. The number of guanidine groups is 1. The van der Waals surface area contributed by atoms with Crippen LogP contribution in [0.1, 0.15) is 25.7 Å². The Morgan fingerprint density at radius 1 is 1.35 bits per heavy atom. The average Bonchev–Trinajstić information content (AvgIpc) is 3.00. The average molecular weight is 316 g/mol. The van der Waals surface area contributed by atoms with Gasteiger partial charge in [-0.1, -0.05) is 12.5 Å². The van der Waals surface area contributed by atoms with Crippen LogP contribution in [0.4, 0.5) is 5.69 Å². The topological polar surface area (TPSA) is 62.9 Å². The third-order valence-electron chi connectivity index (χ3n) is 5.02. The second-order valence-electron chi connectivity index (χ2n) is 6.71. The van der Waals surface area contributed by atoms with Crippen molar-refractivity contribution in [2.45, 2.75) is 25.7 Å². The van der Waals surface area contributed by atoms with Gasteiger partial charge in [0, 0.05) is 37.9 Å². The molecule has 1 saturated heterocycles. The first-order valence-electron chi connectivity index (χ1n) is 8.67. The Balaban J connectivity index is 1.45. The smallest absolute Gasteiger partial charge is 0.188 e. The third-order valence-corrected chi connectivity index (χ3v) is 5.02. The highest BCUT2D eigenvalue weighted by atomic mass is 16.5. The van der Waals surface area contributed by atoms with E-state index in [0.717, 1.165) is 44.3 Å². The van der Waals surface area contributed by atoms with Gasteiger partial charge in [-0.15, -0.1) is 0 Å². The van der Waals surface area contributed by atoms with E-state index in [1.165, 1.54) is 24.9 Å². The zero-order valence-corrected chi connectivity index (χ0v) is 14.0. The Labute approximate surface area is 138 Å². The van der Waals surface area contributed by atoms with E-state index in [0.29, 0.717) is 11.9 Å². The van der Waals surface area contributed by atoms with E-state index in [4.69, 9.17) is 10.5 Å². The van der Waals surface area contributed by atoms with Crippen LogP contribution in [0.15, 0.2) is 29.3 Å². The molecule has 0 bridgehead atoms. The van der Waals surface area contributed by atoms with Crippen molar-refractivity contribution < 1.29 is 4.74 Å². The summed E-state index contributed by atoms with van der Waals surface area (Å²) in [5, 5.41) is 3.26. The number of methoxy groups -OCH3 is 1. The van der Waals surface area contributed by atoms with Crippen LogP contribution in [0, 0.1) is 11.8 Å². The molecule has 1 aliphatic carbocycles. The monoisotopic (exact) mass is 316 g/mol. The zero-order valence-electron chi connectivity index (χ0n) is 14.0. The van der Waals surface area contributed by atoms with Crippen LogP contribution in [0.2, 0.25) is 0 Å². The number of benzene rings is 1. The van der Waals surface area contributed by atoms with Crippen molar-refractivity contribution in [2.75, 3.05) is 38.2 Å². The largest absolute Gasteiger partial charge is 0.497 e. The van der Waals surface area contributed by atoms with Crippen LogP contribution in [0.5, 0.6) is 5.75 Å². The number of hydrogen-bond donors (Lipinski definition) is 2. The summed E-state index contributed by atoms with van der Waals surface area (Å²) in [5.41, 5.74) is 7.20. The van der Waals surface area contributed by atoms with Crippen molar-refractivity contribution >= 4 is 11.6 Å². The molecule has 1 unspecified atom stereocenters. The van der Waals surface area contributed by atoms with Crippen molar-refractivity contribution in [1.82, 2.24) is 5.32 Å². The van der Waals surface area contributed by atoms with Crippen molar-refractivity contribution in [3.8, 4) is 5.75 Å². The van der Waals surface area contributed by atoms with Gasteiger partial charge in [-0.05, 0) is 43.2 Å². The highest BCUT2D eigenvalue weighted by molar-refractivity contribution is 5.77. The van der Waals surface area contributed by atoms with Crippen LogP contribution < -0.4 is 20.7 Å². The Hall–Kier alpha value is -1.91. The van der Waals surface area contributed by atoms with Gasteiger partial charge in [-0.25, -0.2) is 0 Å². The highest BCUT2D eigenvalue weighted by Crippen LogP contribution is 2.27. The van der Waals surface area contributed by atoms with Crippen molar-refractivity contribution in [3.05, 3.63) is 24.3 Å². The van der Waals surface area contributed by atoms with E-state index in [2.05, 4.69) is 27.3 Å². The molecule has 1 aromatic rings. The van der Waals surface area contributed by atoms with Gasteiger partial charge in [0.05, 0.1) is 7.11 Å².